The summed E-state index contributed by atoms with van der Waals surface area (Å²) in [5.41, 5.74) is 2.98. The van der Waals surface area contributed by atoms with Gasteiger partial charge < -0.3 is 0 Å². The van der Waals surface area contributed by atoms with E-state index in [0.717, 1.165) is 0 Å². The number of hydrogen-bond acceptors (Lipinski definition) is 0. The zero-order valence-corrected chi connectivity index (χ0v) is 9.70. The molecule has 0 heterocycles. The highest BCUT2D eigenvalue weighted by atomic mass is 14.3. The van der Waals surface area contributed by atoms with Crippen molar-refractivity contribution in [3.63, 3.8) is 0 Å². The minimum absolute atomic E-state index is 0.153. The van der Waals surface area contributed by atoms with Gasteiger partial charge in [-0.05, 0) is 24.0 Å². The molecule has 1 aromatic carbocycles. The summed E-state index contributed by atoms with van der Waals surface area (Å²) in [6.45, 7) is 6.80. The van der Waals surface area contributed by atoms with Gasteiger partial charge in [-0.2, -0.15) is 0 Å². The van der Waals surface area contributed by atoms with Crippen LogP contribution in [0.5, 0.6) is 0 Å². The van der Waals surface area contributed by atoms with Crippen LogP contribution in [0.4, 0.5) is 0 Å². The molecule has 2 rings (SSSR count). The first kappa shape index (κ1) is 10.2. The Balaban J connectivity index is 2.50. The highest BCUT2D eigenvalue weighted by Gasteiger charge is 2.30. The van der Waals surface area contributed by atoms with Gasteiger partial charge in [0.1, 0.15) is 0 Å². The van der Waals surface area contributed by atoms with E-state index in [1.54, 1.807) is 0 Å². The Morgan fingerprint density at radius 1 is 1.13 bits per heavy atom. The highest BCUT2D eigenvalue weighted by molar-refractivity contribution is 5.40. The SMILES string of the molecule is Cc1ccccc1C1(C)C=CC=CC1C. The van der Waals surface area contributed by atoms with Crippen LogP contribution in [0.2, 0.25) is 0 Å². The Kier molecular flexibility index (Phi) is 2.52. The lowest BCUT2D eigenvalue weighted by molar-refractivity contribution is 0.455. The van der Waals surface area contributed by atoms with Crippen molar-refractivity contribution in [1.29, 1.82) is 0 Å². The summed E-state index contributed by atoms with van der Waals surface area (Å²) in [7, 11) is 0. The van der Waals surface area contributed by atoms with Crippen molar-refractivity contribution in [3.8, 4) is 0 Å². The van der Waals surface area contributed by atoms with Crippen molar-refractivity contribution in [3.05, 3.63) is 59.7 Å². The first-order valence-corrected chi connectivity index (χ1v) is 5.57. The van der Waals surface area contributed by atoms with Gasteiger partial charge in [-0.1, -0.05) is 62.4 Å². The Morgan fingerprint density at radius 2 is 1.87 bits per heavy atom. The average Bonchev–Trinajstić information content (AvgIpc) is 2.23. The molecule has 0 radical (unpaired) electrons. The molecular formula is C15H18. The summed E-state index contributed by atoms with van der Waals surface area (Å²) >= 11 is 0. The van der Waals surface area contributed by atoms with Crippen molar-refractivity contribution in [2.45, 2.75) is 26.2 Å². The number of hydrogen-bond donors (Lipinski definition) is 0. The molecule has 0 amide bonds. The van der Waals surface area contributed by atoms with E-state index in [1.807, 2.05) is 0 Å². The first-order valence-electron chi connectivity index (χ1n) is 5.57. The third-order valence-electron chi connectivity index (χ3n) is 3.62. The summed E-state index contributed by atoms with van der Waals surface area (Å²) in [6.07, 6.45) is 8.91. The monoisotopic (exact) mass is 198 g/mol. The molecule has 1 aliphatic carbocycles. The Bertz CT molecular complexity index is 412. The number of allylic oxidation sites excluding steroid dienone is 4. The van der Waals surface area contributed by atoms with Crippen molar-refractivity contribution in [2.75, 3.05) is 0 Å². The van der Waals surface area contributed by atoms with Gasteiger partial charge in [-0.25, -0.2) is 0 Å². The lowest BCUT2D eigenvalue weighted by Crippen LogP contribution is -2.29. The molecule has 0 spiro atoms. The molecule has 0 aliphatic heterocycles. The maximum Gasteiger partial charge on any atom is 0.0169 e. The first-order chi connectivity index (χ1) is 7.14. The zero-order valence-electron chi connectivity index (χ0n) is 9.70. The third-order valence-corrected chi connectivity index (χ3v) is 3.62. The van der Waals surface area contributed by atoms with Gasteiger partial charge >= 0.3 is 0 Å². The van der Waals surface area contributed by atoms with Crippen molar-refractivity contribution in [2.24, 2.45) is 5.92 Å². The summed E-state index contributed by atoms with van der Waals surface area (Å²) in [5, 5.41) is 0. The van der Waals surface area contributed by atoms with E-state index in [0.29, 0.717) is 5.92 Å². The molecular weight excluding hydrogens is 180 g/mol. The fraction of sp³-hybridized carbons (Fsp3) is 0.333. The fourth-order valence-electron chi connectivity index (χ4n) is 2.35. The molecule has 0 bridgehead atoms. The second-order valence-corrected chi connectivity index (χ2v) is 4.63. The average molecular weight is 198 g/mol. The lowest BCUT2D eigenvalue weighted by atomic mass is 9.69. The highest BCUT2D eigenvalue weighted by Crippen LogP contribution is 2.38. The minimum Gasteiger partial charge on any atom is -0.0805 e. The molecule has 1 aliphatic rings. The molecule has 1 aromatic rings. The van der Waals surface area contributed by atoms with Gasteiger partial charge in [-0.3, -0.25) is 0 Å². The van der Waals surface area contributed by atoms with Crippen LogP contribution >= 0.6 is 0 Å². The summed E-state index contributed by atoms with van der Waals surface area (Å²) in [6, 6.07) is 8.68. The Morgan fingerprint density at radius 3 is 2.53 bits per heavy atom. The van der Waals surface area contributed by atoms with Crippen LogP contribution in [-0.4, -0.2) is 0 Å². The van der Waals surface area contributed by atoms with Gasteiger partial charge in [0.2, 0.25) is 0 Å². The predicted molar refractivity (Wildman–Crippen MR) is 66.0 cm³/mol. The quantitative estimate of drug-likeness (QED) is 0.639. The van der Waals surface area contributed by atoms with E-state index in [2.05, 4.69) is 69.3 Å². The molecule has 0 fully saturated rings. The molecule has 0 nitrogen and oxygen atoms in total. The largest absolute Gasteiger partial charge is 0.0805 e. The van der Waals surface area contributed by atoms with Crippen molar-refractivity contribution in [1.82, 2.24) is 0 Å². The molecule has 2 atom stereocenters. The fourth-order valence-corrected chi connectivity index (χ4v) is 2.35. The maximum atomic E-state index is 2.32. The zero-order chi connectivity index (χ0) is 10.9. The molecule has 0 N–H and O–H groups in total. The van der Waals surface area contributed by atoms with Crippen LogP contribution < -0.4 is 0 Å². The molecule has 2 unspecified atom stereocenters. The van der Waals surface area contributed by atoms with Crippen molar-refractivity contribution >= 4 is 0 Å². The Labute approximate surface area is 92.3 Å². The lowest BCUT2D eigenvalue weighted by Gasteiger charge is -2.34. The predicted octanol–water partition coefficient (Wildman–Crippen LogP) is 4.01. The molecule has 15 heavy (non-hydrogen) atoms. The van der Waals surface area contributed by atoms with Gasteiger partial charge in [0.15, 0.2) is 0 Å². The number of benzene rings is 1. The van der Waals surface area contributed by atoms with Crippen LogP contribution in [0, 0.1) is 12.8 Å². The standard InChI is InChI=1S/C15H18/c1-12-8-4-5-10-14(12)15(3)11-7-6-9-13(15)2/h4-11,13H,1-3H3. The molecule has 0 aromatic heterocycles. The normalized spacial score (nSPS) is 29.4. The van der Waals surface area contributed by atoms with E-state index >= 15 is 0 Å². The van der Waals surface area contributed by atoms with Crippen molar-refractivity contribution < 1.29 is 0 Å². The number of aryl methyl sites for hydroxylation is 1. The van der Waals surface area contributed by atoms with E-state index in [9.17, 15) is 0 Å². The van der Waals surface area contributed by atoms with Crippen LogP contribution in [0.25, 0.3) is 0 Å². The van der Waals surface area contributed by atoms with Crippen LogP contribution in [0.15, 0.2) is 48.6 Å². The van der Waals surface area contributed by atoms with Gasteiger partial charge in [0, 0.05) is 5.41 Å². The van der Waals surface area contributed by atoms with Gasteiger partial charge in [0.05, 0.1) is 0 Å². The smallest absolute Gasteiger partial charge is 0.0169 e. The maximum absolute atomic E-state index is 2.32. The van der Waals surface area contributed by atoms with Crippen LogP contribution in [0.1, 0.15) is 25.0 Å². The third kappa shape index (κ3) is 1.65. The van der Waals surface area contributed by atoms with Gasteiger partial charge in [0.25, 0.3) is 0 Å². The molecule has 78 valence electrons. The van der Waals surface area contributed by atoms with E-state index in [-0.39, 0.29) is 5.41 Å². The minimum atomic E-state index is 0.153. The Hall–Kier alpha value is -1.30. The van der Waals surface area contributed by atoms with E-state index < -0.39 is 0 Å². The van der Waals surface area contributed by atoms with Gasteiger partial charge in [-0.15, -0.1) is 0 Å². The van der Waals surface area contributed by atoms with Crippen LogP contribution in [-0.2, 0) is 5.41 Å². The second kappa shape index (κ2) is 3.69. The molecule has 0 saturated heterocycles. The van der Waals surface area contributed by atoms with Crippen LogP contribution in [0.3, 0.4) is 0 Å². The topological polar surface area (TPSA) is 0 Å². The second-order valence-electron chi connectivity index (χ2n) is 4.63. The number of rotatable bonds is 1. The molecule has 0 saturated carbocycles. The molecule has 0 heteroatoms. The van der Waals surface area contributed by atoms with E-state index in [1.165, 1.54) is 11.1 Å². The summed E-state index contributed by atoms with van der Waals surface area (Å²) < 4.78 is 0. The summed E-state index contributed by atoms with van der Waals surface area (Å²) in [4.78, 5) is 0. The van der Waals surface area contributed by atoms with E-state index in [4.69, 9.17) is 0 Å². The summed E-state index contributed by atoms with van der Waals surface area (Å²) in [5.74, 6) is 0.559.